The molecule has 0 spiro atoms. The summed E-state index contributed by atoms with van der Waals surface area (Å²) >= 11 is 5.96. The Bertz CT molecular complexity index is 434. The van der Waals surface area contributed by atoms with E-state index in [0.29, 0.717) is 10.7 Å². The number of benzene rings is 1. The van der Waals surface area contributed by atoms with E-state index in [4.69, 9.17) is 11.6 Å². The molecule has 3 heteroatoms. The maximum absolute atomic E-state index is 10.5. The summed E-state index contributed by atoms with van der Waals surface area (Å²) in [4.78, 5) is 13.5. The molecular weight excluding hydrogens is 186 g/mol. The number of aromatic amines is 1. The first-order valence-electron chi connectivity index (χ1n) is 3.95. The zero-order valence-electron chi connectivity index (χ0n) is 7.10. The third-order valence-corrected chi connectivity index (χ3v) is 2.43. The molecule has 66 valence electrons. The first-order chi connectivity index (χ1) is 6.22. The molecule has 0 saturated heterocycles. The van der Waals surface area contributed by atoms with Crippen LogP contribution >= 0.6 is 11.6 Å². The molecule has 1 heterocycles. The number of nitrogens with one attached hydrogen (secondary N) is 1. The summed E-state index contributed by atoms with van der Waals surface area (Å²) in [5, 5.41) is 1.58. The fraction of sp³-hybridized carbons (Fsp3) is 0.100. The lowest BCUT2D eigenvalue weighted by Crippen LogP contribution is -1.78. The fourth-order valence-corrected chi connectivity index (χ4v) is 1.62. The Kier molecular flexibility index (Phi) is 1.85. The Balaban J connectivity index is 2.87. The van der Waals surface area contributed by atoms with Gasteiger partial charge in [0.2, 0.25) is 0 Å². The number of halogens is 1. The number of rotatable bonds is 1. The van der Waals surface area contributed by atoms with Crippen LogP contribution in [0.5, 0.6) is 0 Å². The second kappa shape index (κ2) is 2.89. The van der Waals surface area contributed by atoms with Crippen LogP contribution in [-0.2, 0) is 0 Å². The Hall–Kier alpha value is -1.28. The maximum atomic E-state index is 10.5. The average molecular weight is 194 g/mol. The van der Waals surface area contributed by atoms with E-state index in [9.17, 15) is 4.79 Å². The Morgan fingerprint density at radius 3 is 2.85 bits per heavy atom. The van der Waals surface area contributed by atoms with E-state index in [2.05, 4.69) is 4.98 Å². The predicted molar refractivity (Wildman–Crippen MR) is 53.4 cm³/mol. The molecule has 0 amide bonds. The van der Waals surface area contributed by atoms with Gasteiger partial charge in [0, 0.05) is 10.4 Å². The SMILES string of the molecule is Cc1ccc(Cl)c2cc(C=O)[nH]c12. The highest BCUT2D eigenvalue weighted by molar-refractivity contribution is 6.35. The van der Waals surface area contributed by atoms with Crippen molar-refractivity contribution in [1.82, 2.24) is 4.98 Å². The largest absolute Gasteiger partial charge is 0.352 e. The number of fused-ring (bicyclic) bond motifs is 1. The van der Waals surface area contributed by atoms with Gasteiger partial charge in [0.15, 0.2) is 6.29 Å². The zero-order valence-corrected chi connectivity index (χ0v) is 7.85. The molecule has 0 aliphatic rings. The van der Waals surface area contributed by atoms with Crippen LogP contribution < -0.4 is 0 Å². The van der Waals surface area contributed by atoms with Crippen molar-refractivity contribution < 1.29 is 4.79 Å². The minimum absolute atomic E-state index is 0.561. The minimum atomic E-state index is 0.561. The summed E-state index contributed by atoms with van der Waals surface area (Å²) in [6, 6.07) is 5.52. The number of aryl methyl sites for hydroxylation is 1. The molecule has 0 aliphatic heterocycles. The highest BCUT2D eigenvalue weighted by Crippen LogP contribution is 2.26. The Morgan fingerprint density at radius 2 is 2.23 bits per heavy atom. The monoisotopic (exact) mass is 193 g/mol. The van der Waals surface area contributed by atoms with Crippen LogP contribution in [0.3, 0.4) is 0 Å². The second-order valence-electron chi connectivity index (χ2n) is 3.00. The number of hydrogen-bond donors (Lipinski definition) is 1. The number of H-pyrrole nitrogens is 1. The predicted octanol–water partition coefficient (Wildman–Crippen LogP) is 2.94. The van der Waals surface area contributed by atoms with Gasteiger partial charge in [-0.3, -0.25) is 4.79 Å². The second-order valence-corrected chi connectivity index (χ2v) is 3.40. The smallest absolute Gasteiger partial charge is 0.166 e. The van der Waals surface area contributed by atoms with Crippen molar-refractivity contribution in [2.24, 2.45) is 0 Å². The van der Waals surface area contributed by atoms with Crippen molar-refractivity contribution >= 4 is 28.8 Å². The van der Waals surface area contributed by atoms with Crippen molar-refractivity contribution in [3.05, 3.63) is 34.5 Å². The van der Waals surface area contributed by atoms with Gasteiger partial charge < -0.3 is 4.98 Å². The third kappa shape index (κ3) is 1.23. The summed E-state index contributed by atoms with van der Waals surface area (Å²) in [6.07, 6.45) is 0.787. The van der Waals surface area contributed by atoms with E-state index in [-0.39, 0.29) is 0 Å². The molecule has 0 bridgehead atoms. The van der Waals surface area contributed by atoms with Gasteiger partial charge in [-0.1, -0.05) is 17.7 Å². The van der Waals surface area contributed by atoms with Gasteiger partial charge in [0.25, 0.3) is 0 Å². The maximum Gasteiger partial charge on any atom is 0.166 e. The standard InChI is InChI=1S/C10H8ClNO/c1-6-2-3-9(11)8-4-7(5-13)12-10(6)8/h2-5,12H,1H3. The highest BCUT2D eigenvalue weighted by Gasteiger charge is 2.05. The van der Waals surface area contributed by atoms with E-state index < -0.39 is 0 Å². The molecule has 0 unspecified atom stereocenters. The van der Waals surface area contributed by atoms with Crippen LogP contribution in [0.15, 0.2) is 18.2 Å². The minimum Gasteiger partial charge on any atom is -0.352 e. The molecule has 2 rings (SSSR count). The first kappa shape index (κ1) is 8.32. The molecule has 0 atom stereocenters. The van der Waals surface area contributed by atoms with Crippen molar-refractivity contribution in [3.63, 3.8) is 0 Å². The lowest BCUT2D eigenvalue weighted by molar-refractivity contribution is 0.112. The average Bonchev–Trinajstić information content (AvgIpc) is 2.56. The van der Waals surface area contributed by atoms with E-state index in [1.165, 1.54) is 0 Å². The van der Waals surface area contributed by atoms with Crippen molar-refractivity contribution in [1.29, 1.82) is 0 Å². The van der Waals surface area contributed by atoms with Gasteiger partial charge in [0.1, 0.15) is 0 Å². The topological polar surface area (TPSA) is 32.9 Å². The first-order valence-corrected chi connectivity index (χ1v) is 4.33. The normalized spacial score (nSPS) is 10.6. The molecule has 2 nitrogen and oxygen atoms in total. The van der Waals surface area contributed by atoms with Crippen molar-refractivity contribution in [2.75, 3.05) is 0 Å². The molecule has 0 fully saturated rings. The van der Waals surface area contributed by atoms with Gasteiger partial charge in [-0.2, -0.15) is 0 Å². The number of hydrogen-bond acceptors (Lipinski definition) is 1. The summed E-state index contributed by atoms with van der Waals surface area (Å²) in [5.41, 5.74) is 2.59. The summed E-state index contributed by atoms with van der Waals surface area (Å²) in [7, 11) is 0. The summed E-state index contributed by atoms with van der Waals surface area (Å²) in [5.74, 6) is 0. The quantitative estimate of drug-likeness (QED) is 0.694. The molecule has 0 radical (unpaired) electrons. The molecule has 1 aromatic heterocycles. The number of carbonyl (C=O) groups is 1. The number of aromatic nitrogens is 1. The van der Waals surface area contributed by atoms with Crippen molar-refractivity contribution in [3.8, 4) is 0 Å². The van der Waals surface area contributed by atoms with Crippen LogP contribution in [0.25, 0.3) is 10.9 Å². The van der Waals surface area contributed by atoms with Gasteiger partial charge in [-0.05, 0) is 24.6 Å². The van der Waals surface area contributed by atoms with Crippen LogP contribution in [0.4, 0.5) is 0 Å². The molecule has 0 aliphatic carbocycles. The Morgan fingerprint density at radius 1 is 1.46 bits per heavy atom. The molecule has 2 aromatic rings. The van der Waals surface area contributed by atoms with Crippen molar-refractivity contribution in [2.45, 2.75) is 6.92 Å². The van der Waals surface area contributed by atoms with Gasteiger partial charge in [0.05, 0.1) is 11.2 Å². The van der Waals surface area contributed by atoms with Crippen LogP contribution in [-0.4, -0.2) is 11.3 Å². The van der Waals surface area contributed by atoms with E-state index in [0.717, 1.165) is 22.8 Å². The van der Waals surface area contributed by atoms with E-state index in [1.54, 1.807) is 6.07 Å². The highest BCUT2D eigenvalue weighted by atomic mass is 35.5. The van der Waals surface area contributed by atoms with E-state index in [1.807, 2.05) is 19.1 Å². The van der Waals surface area contributed by atoms with Crippen LogP contribution in [0.2, 0.25) is 5.02 Å². The van der Waals surface area contributed by atoms with Crippen LogP contribution in [0, 0.1) is 6.92 Å². The number of carbonyl (C=O) groups excluding carboxylic acids is 1. The fourth-order valence-electron chi connectivity index (χ4n) is 1.41. The molecular formula is C10H8ClNO. The van der Waals surface area contributed by atoms with Gasteiger partial charge in [-0.15, -0.1) is 0 Å². The summed E-state index contributed by atoms with van der Waals surface area (Å²) < 4.78 is 0. The third-order valence-electron chi connectivity index (χ3n) is 2.10. The molecule has 0 saturated carbocycles. The molecule has 1 aromatic carbocycles. The van der Waals surface area contributed by atoms with Gasteiger partial charge >= 0.3 is 0 Å². The van der Waals surface area contributed by atoms with E-state index >= 15 is 0 Å². The summed E-state index contributed by atoms with van der Waals surface area (Å²) in [6.45, 7) is 1.98. The Labute approximate surface area is 80.5 Å². The lowest BCUT2D eigenvalue weighted by atomic mass is 10.2. The lowest BCUT2D eigenvalue weighted by Gasteiger charge is -1.96. The van der Waals surface area contributed by atoms with Gasteiger partial charge in [-0.25, -0.2) is 0 Å². The van der Waals surface area contributed by atoms with Crippen LogP contribution in [0.1, 0.15) is 16.1 Å². The zero-order chi connectivity index (χ0) is 9.42. The number of aldehydes is 1. The molecule has 1 N–H and O–H groups in total. The molecule has 13 heavy (non-hydrogen) atoms.